The zero-order chi connectivity index (χ0) is 12.0. The second kappa shape index (κ2) is 6.89. The fraction of sp³-hybridized carbons (Fsp3) is 0.923. The second-order valence-corrected chi connectivity index (χ2v) is 5.16. The summed E-state index contributed by atoms with van der Waals surface area (Å²) < 4.78 is 0. The molecule has 0 saturated heterocycles. The molecule has 0 heterocycles. The van der Waals surface area contributed by atoms with Crippen LogP contribution < -0.4 is 0 Å². The van der Waals surface area contributed by atoms with E-state index in [0.717, 1.165) is 0 Å². The monoisotopic (exact) mass is 227 g/mol. The number of carboxylic acids is 1. The van der Waals surface area contributed by atoms with Gasteiger partial charge in [-0.15, -0.1) is 0 Å². The third-order valence-corrected chi connectivity index (χ3v) is 3.52. The highest BCUT2D eigenvalue weighted by molar-refractivity contribution is 5.69. The van der Waals surface area contributed by atoms with E-state index in [0.29, 0.717) is 12.1 Å². The first-order valence-corrected chi connectivity index (χ1v) is 6.59. The van der Waals surface area contributed by atoms with Gasteiger partial charge in [0.05, 0.1) is 6.54 Å². The Balaban J connectivity index is 2.55. The van der Waals surface area contributed by atoms with Crippen molar-refractivity contribution in [3.63, 3.8) is 0 Å². The molecule has 0 spiro atoms. The van der Waals surface area contributed by atoms with Crippen LogP contribution in [0.3, 0.4) is 0 Å². The van der Waals surface area contributed by atoms with Gasteiger partial charge in [-0.05, 0) is 26.7 Å². The molecular weight excluding hydrogens is 202 g/mol. The summed E-state index contributed by atoms with van der Waals surface area (Å²) in [6.07, 6.45) is 8.84. The molecule has 0 aromatic carbocycles. The minimum atomic E-state index is -0.698. The lowest BCUT2D eigenvalue weighted by molar-refractivity contribution is -0.139. The lowest BCUT2D eigenvalue weighted by atomic mass is 9.95. The lowest BCUT2D eigenvalue weighted by Gasteiger charge is -2.34. The van der Waals surface area contributed by atoms with Crippen LogP contribution in [0.25, 0.3) is 0 Å². The number of carbonyl (C=O) groups is 1. The molecule has 0 radical (unpaired) electrons. The van der Waals surface area contributed by atoms with Crippen molar-refractivity contribution in [1.82, 2.24) is 4.90 Å². The standard InChI is InChI=1S/C13H25NO2/c1-11(2)14(10-13(15)16)12-8-6-4-3-5-7-9-12/h11-12H,3-10H2,1-2H3,(H,15,16). The van der Waals surface area contributed by atoms with Crippen LogP contribution >= 0.6 is 0 Å². The average Bonchev–Trinajstić information content (AvgIpc) is 2.13. The molecule has 1 saturated carbocycles. The molecule has 0 aromatic rings. The van der Waals surface area contributed by atoms with Gasteiger partial charge in [0.2, 0.25) is 0 Å². The van der Waals surface area contributed by atoms with Crippen molar-refractivity contribution < 1.29 is 9.90 Å². The maximum absolute atomic E-state index is 10.9. The molecule has 1 rings (SSSR count). The minimum Gasteiger partial charge on any atom is -0.480 e. The largest absolute Gasteiger partial charge is 0.480 e. The first kappa shape index (κ1) is 13.5. The molecule has 0 atom stereocenters. The van der Waals surface area contributed by atoms with Crippen LogP contribution in [0.2, 0.25) is 0 Å². The van der Waals surface area contributed by atoms with Crippen molar-refractivity contribution in [2.45, 2.75) is 70.9 Å². The van der Waals surface area contributed by atoms with Crippen LogP contribution in [0.1, 0.15) is 58.8 Å². The Hall–Kier alpha value is -0.570. The molecule has 1 aliphatic carbocycles. The number of rotatable bonds is 4. The van der Waals surface area contributed by atoms with Gasteiger partial charge in [-0.1, -0.05) is 32.1 Å². The predicted octanol–water partition coefficient (Wildman–Crippen LogP) is 2.89. The molecule has 1 aliphatic rings. The quantitative estimate of drug-likeness (QED) is 0.802. The molecule has 0 bridgehead atoms. The van der Waals surface area contributed by atoms with Crippen molar-refractivity contribution in [3.05, 3.63) is 0 Å². The van der Waals surface area contributed by atoms with Crippen molar-refractivity contribution >= 4 is 5.97 Å². The Morgan fingerprint density at radius 2 is 1.69 bits per heavy atom. The lowest BCUT2D eigenvalue weighted by Crippen LogP contribution is -2.43. The summed E-state index contributed by atoms with van der Waals surface area (Å²) in [5.41, 5.74) is 0. The number of carboxylic acid groups (broad SMARTS) is 1. The fourth-order valence-electron chi connectivity index (χ4n) is 2.66. The highest BCUT2D eigenvalue weighted by Gasteiger charge is 2.23. The summed E-state index contributed by atoms with van der Waals surface area (Å²) in [5, 5.41) is 8.95. The summed E-state index contributed by atoms with van der Waals surface area (Å²) >= 11 is 0. The Morgan fingerprint density at radius 3 is 2.12 bits per heavy atom. The molecule has 0 aliphatic heterocycles. The van der Waals surface area contributed by atoms with Crippen LogP contribution in [0.15, 0.2) is 0 Å². The van der Waals surface area contributed by atoms with Crippen molar-refractivity contribution in [3.8, 4) is 0 Å². The summed E-state index contributed by atoms with van der Waals surface area (Å²) in [7, 11) is 0. The van der Waals surface area contributed by atoms with E-state index < -0.39 is 5.97 Å². The number of hydrogen-bond acceptors (Lipinski definition) is 2. The van der Waals surface area contributed by atoms with E-state index in [1.54, 1.807) is 0 Å². The van der Waals surface area contributed by atoms with Crippen LogP contribution in [0.4, 0.5) is 0 Å². The van der Waals surface area contributed by atoms with Gasteiger partial charge >= 0.3 is 5.97 Å². The molecular formula is C13H25NO2. The Morgan fingerprint density at radius 1 is 1.19 bits per heavy atom. The molecule has 1 fully saturated rings. The van der Waals surface area contributed by atoms with Gasteiger partial charge in [0.25, 0.3) is 0 Å². The van der Waals surface area contributed by atoms with E-state index >= 15 is 0 Å². The highest BCUT2D eigenvalue weighted by Crippen LogP contribution is 2.22. The number of nitrogens with zero attached hydrogens (tertiary/aromatic N) is 1. The average molecular weight is 227 g/mol. The summed E-state index contributed by atoms with van der Waals surface area (Å²) in [5.74, 6) is -0.698. The predicted molar refractivity (Wildman–Crippen MR) is 65.6 cm³/mol. The SMILES string of the molecule is CC(C)N(CC(=O)O)C1CCCCCCC1. The van der Waals surface area contributed by atoms with E-state index in [1.165, 1.54) is 44.9 Å². The summed E-state index contributed by atoms with van der Waals surface area (Å²) in [6.45, 7) is 4.39. The van der Waals surface area contributed by atoms with Gasteiger partial charge in [-0.25, -0.2) is 0 Å². The number of hydrogen-bond donors (Lipinski definition) is 1. The van der Waals surface area contributed by atoms with Gasteiger partial charge in [0.1, 0.15) is 0 Å². The molecule has 94 valence electrons. The van der Waals surface area contributed by atoms with E-state index in [4.69, 9.17) is 5.11 Å². The minimum absolute atomic E-state index is 0.197. The molecule has 0 aromatic heterocycles. The van der Waals surface area contributed by atoms with Crippen molar-refractivity contribution in [2.75, 3.05) is 6.54 Å². The van der Waals surface area contributed by atoms with Crippen LogP contribution in [-0.4, -0.2) is 34.6 Å². The van der Waals surface area contributed by atoms with Crippen molar-refractivity contribution in [1.29, 1.82) is 0 Å². The van der Waals surface area contributed by atoms with Crippen LogP contribution in [0, 0.1) is 0 Å². The van der Waals surface area contributed by atoms with E-state index in [2.05, 4.69) is 18.7 Å². The Bertz CT molecular complexity index is 208. The Labute approximate surface area is 98.8 Å². The first-order valence-electron chi connectivity index (χ1n) is 6.59. The molecule has 3 heteroatoms. The molecule has 0 unspecified atom stereocenters. The third-order valence-electron chi connectivity index (χ3n) is 3.52. The maximum atomic E-state index is 10.9. The number of aliphatic carboxylic acids is 1. The molecule has 1 N–H and O–H groups in total. The van der Waals surface area contributed by atoms with E-state index in [-0.39, 0.29) is 6.54 Å². The van der Waals surface area contributed by atoms with E-state index in [1.807, 2.05) is 0 Å². The zero-order valence-electron chi connectivity index (χ0n) is 10.6. The topological polar surface area (TPSA) is 40.5 Å². The Kier molecular flexibility index (Phi) is 5.81. The molecule has 0 amide bonds. The smallest absolute Gasteiger partial charge is 0.317 e. The third kappa shape index (κ3) is 4.52. The normalized spacial score (nSPS) is 19.8. The summed E-state index contributed by atoms with van der Waals surface area (Å²) in [6, 6.07) is 0.817. The van der Waals surface area contributed by atoms with Gasteiger partial charge in [-0.2, -0.15) is 0 Å². The zero-order valence-corrected chi connectivity index (χ0v) is 10.6. The fourth-order valence-corrected chi connectivity index (χ4v) is 2.66. The summed E-state index contributed by atoms with van der Waals surface area (Å²) in [4.78, 5) is 13.0. The first-order chi connectivity index (χ1) is 7.61. The van der Waals surface area contributed by atoms with Crippen molar-refractivity contribution in [2.24, 2.45) is 0 Å². The van der Waals surface area contributed by atoms with Gasteiger partial charge < -0.3 is 5.11 Å². The van der Waals surface area contributed by atoms with E-state index in [9.17, 15) is 4.79 Å². The second-order valence-electron chi connectivity index (χ2n) is 5.16. The van der Waals surface area contributed by atoms with Gasteiger partial charge in [-0.3, -0.25) is 9.69 Å². The molecule has 16 heavy (non-hydrogen) atoms. The van der Waals surface area contributed by atoms with Gasteiger partial charge in [0, 0.05) is 12.1 Å². The van der Waals surface area contributed by atoms with Crippen LogP contribution in [0.5, 0.6) is 0 Å². The van der Waals surface area contributed by atoms with Crippen LogP contribution in [-0.2, 0) is 4.79 Å². The highest BCUT2D eigenvalue weighted by atomic mass is 16.4. The maximum Gasteiger partial charge on any atom is 0.317 e. The van der Waals surface area contributed by atoms with Gasteiger partial charge in [0.15, 0.2) is 0 Å². The molecule has 3 nitrogen and oxygen atoms in total.